The van der Waals surface area contributed by atoms with Crippen molar-refractivity contribution in [3.63, 3.8) is 0 Å². The summed E-state index contributed by atoms with van der Waals surface area (Å²) in [7, 11) is 0. The molecule has 1 aromatic heterocycles. The summed E-state index contributed by atoms with van der Waals surface area (Å²) in [6.45, 7) is 1.98. The van der Waals surface area contributed by atoms with Crippen LogP contribution in [0.4, 0.5) is 11.5 Å². The van der Waals surface area contributed by atoms with Gasteiger partial charge in [-0.3, -0.25) is 15.1 Å². The summed E-state index contributed by atoms with van der Waals surface area (Å²) >= 11 is 0. The molecule has 0 radical (unpaired) electrons. The van der Waals surface area contributed by atoms with Gasteiger partial charge in [0.1, 0.15) is 5.82 Å². The SMILES string of the molecule is O=[N+]([O-])c1ccc2nc(NC3CCCNC3)cnc2c1. The highest BCUT2D eigenvalue weighted by atomic mass is 16.6. The number of anilines is 1. The van der Waals surface area contributed by atoms with Crippen LogP contribution in [0.3, 0.4) is 0 Å². The van der Waals surface area contributed by atoms with Gasteiger partial charge in [0.15, 0.2) is 0 Å². The summed E-state index contributed by atoms with van der Waals surface area (Å²) in [6.07, 6.45) is 3.87. The Hall–Kier alpha value is -2.28. The fourth-order valence-electron chi connectivity index (χ4n) is 2.37. The van der Waals surface area contributed by atoms with Crippen LogP contribution in [0.2, 0.25) is 0 Å². The maximum absolute atomic E-state index is 10.7. The summed E-state index contributed by atoms with van der Waals surface area (Å²) in [6, 6.07) is 4.87. The van der Waals surface area contributed by atoms with Crippen molar-refractivity contribution in [1.82, 2.24) is 15.3 Å². The molecule has 3 rings (SSSR count). The average molecular weight is 273 g/mol. The van der Waals surface area contributed by atoms with Crippen molar-refractivity contribution >= 4 is 22.5 Å². The molecule has 1 aliphatic rings. The van der Waals surface area contributed by atoms with E-state index in [0.717, 1.165) is 25.9 Å². The smallest absolute Gasteiger partial charge is 0.271 e. The van der Waals surface area contributed by atoms with Crippen LogP contribution in [-0.2, 0) is 0 Å². The molecular weight excluding hydrogens is 258 g/mol. The first kappa shape index (κ1) is 12.7. The standard InChI is InChI=1S/C13H15N5O2/c19-18(20)10-3-4-11-12(6-10)15-8-13(17-11)16-9-2-1-5-14-7-9/h3-4,6,8-9,14H,1-2,5,7H2,(H,16,17). The topological polar surface area (TPSA) is 93.0 Å². The second kappa shape index (κ2) is 5.38. The highest BCUT2D eigenvalue weighted by Crippen LogP contribution is 2.19. The highest BCUT2D eigenvalue weighted by molar-refractivity contribution is 5.78. The Morgan fingerprint density at radius 3 is 3.05 bits per heavy atom. The summed E-state index contributed by atoms with van der Waals surface area (Å²) in [5, 5.41) is 17.4. The van der Waals surface area contributed by atoms with Crippen molar-refractivity contribution in [2.75, 3.05) is 18.4 Å². The lowest BCUT2D eigenvalue weighted by Gasteiger charge is -2.24. The Morgan fingerprint density at radius 1 is 1.40 bits per heavy atom. The van der Waals surface area contributed by atoms with Gasteiger partial charge in [-0.15, -0.1) is 0 Å². The largest absolute Gasteiger partial charge is 0.365 e. The van der Waals surface area contributed by atoms with Crippen molar-refractivity contribution in [3.8, 4) is 0 Å². The molecule has 7 heteroatoms. The minimum Gasteiger partial charge on any atom is -0.365 e. The maximum Gasteiger partial charge on any atom is 0.271 e. The number of non-ortho nitro benzene ring substituents is 1. The maximum atomic E-state index is 10.7. The van der Waals surface area contributed by atoms with Crippen LogP contribution in [0.5, 0.6) is 0 Å². The molecule has 1 atom stereocenters. The number of nitrogens with one attached hydrogen (secondary N) is 2. The van der Waals surface area contributed by atoms with E-state index < -0.39 is 4.92 Å². The normalized spacial score (nSPS) is 18.9. The monoisotopic (exact) mass is 273 g/mol. The number of nitrogens with zero attached hydrogens (tertiary/aromatic N) is 3. The lowest BCUT2D eigenvalue weighted by molar-refractivity contribution is -0.384. The number of rotatable bonds is 3. The number of nitro groups is 1. The van der Waals surface area contributed by atoms with Gasteiger partial charge in [0.05, 0.1) is 22.2 Å². The van der Waals surface area contributed by atoms with E-state index in [2.05, 4.69) is 20.6 Å². The summed E-state index contributed by atoms with van der Waals surface area (Å²) in [4.78, 5) is 19.0. The minimum absolute atomic E-state index is 0.0315. The van der Waals surface area contributed by atoms with Gasteiger partial charge in [0, 0.05) is 24.7 Å². The van der Waals surface area contributed by atoms with E-state index in [-0.39, 0.29) is 5.69 Å². The fourth-order valence-corrected chi connectivity index (χ4v) is 2.37. The van der Waals surface area contributed by atoms with Gasteiger partial charge in [-0.05, 0) is 25.5 Å². The Morgan fingerprint density at radius 2 is 2.30 bits per heavy atom. The number of hydrogen-bond donors (Lipinski definition) is 2. The molecule has 7 nitrogen and oxygen atoms in total. The van der Waals surface area contributed by atoms with Crippen LogP contribution in [0.15, 0.2) is 24.4 Å². The lowest BCUT2D eigenvalue weighted by Crippen LogP contribution is -2.38. The third-order valence-electron chi connectivity index (χ3n) is 3.39. The van der Waals surface area contributed by atoms with E-state index in [0.29, 0.717) is 22.9 Å². The number of piperidine rings is 1. The molecule has 2 N–H and O–H groups in total. The molecule has 1 aliphatic heterocycles. The molecule has 0 aliphatic carbocycles. The molecule has 1 fully saturated rings. The Balaban J connectivity index is 1.83. The molecule has 2 aromatic rings. The molecule has 0 amide bonds. The van der Waals surface area contributed by atoms with Gasteiger partial charge in [-0.1, -0.05) is 0 Å². The van der Waals surface area contributed by atoms with E-state index in [4.69, 9.17) is 0 Å². The molecule has 2 heterocycles. The molecule has 0 spiro atoms. The molecule has 0 bridgehead atoms. The van der Waals surface area contributed by atoms with Crippen molar-refractivity contribution in [1.29, 1.82) is 0 Å². The Kier molecular flexibility index (Phi) is 3.42. The quantitative estimate of drug-likeness (QED) is 0.653. The van der Waals surface area contributed by atoms with Crippen LogP contribution < -0.4 is 10.6 Å². The van der Waals surface area contributed by atoms with Gasteiger partial charge >= 0.3 is 0 Å². The summed E-state index contributed by atoms with van der Waals surface area (Å²) in [5.74, 6) is 0.708. The first-order chi connectivity index (χ1) is 9.72. The molecule has 0 saturated carbocycles. The summed E-state index contributed by atoms with van der Waals surface area (Å²) in [5.41, 5.74) is 1.22. The molecule has 1 saturated heterocycles. The van der Waals surface area contributed by atoms with Gasteiger partial charge in [-0.25, -0.2) is 4.98 Å². The van der Waals surface area contributed by atoms with Gasteiger partial charge in [-0.2, -0.15) is 0 Å². The predicted molar refractivity (Wildman–Crippen MR) is 75.7 cm³/mol. The van der Waals surface area contributed by atoms with Gasteiger partial charge < -0.3 is 10.6 Å². The second-order valence-corrected chi connectivity index (χ2v) is 4.87. The number of hydrogen-bond acceptors (Lipinski definition) is 6. The number of aromatic nitrogens is 2. The number of benzene rings is 1. The predicted octanol–water partition coefficient (Wildman–Crippen LogP) is 1.70. The second-order valence-electron chi connectivity index (χ2n) is 4.87. The minimum atomic E-state index is -0.430. The van der Waals surface area contributed by atoms with Crippen LogP contribution >= 0.6 is 0 Å². The van der Waals surface area contributed by atoms with Crippen LogP contribution in [-0.4, -0.2) is 34.0 Å². The Bertz CT molecular complexity index is 640. The van der Waals surface area contributed by atoms with E-state index in [1.54, 1.807) is 12.3 Å². The van der Waals surface area contributed by atoms with Gasteiger partial charge in [0.25, 0.3) is 5.69 Å². The first-order valence-corrected chi connectivity index (χ1v) is 6.61. The zero-order valence-electron chi connectivity index (χ0n) is 10.9. The van der Waals surface area contributed by atoms with Crippen molar-refractivity contribution in [2.45, 2.75) is 18.9 Å². The van der Waals surface area contributed by atoms with Crippen molar-refractivity contribution in [2.24, 2.45) is 0 Å². The fraction of sp³-hybridized carbons (Fsp3) is 0.385. The van der Waals surface area contributed by atoms with Crippen LogP contribution in [0.25, 0.3) is 11.0 Å². The highest BCUT2D eigenvalue weighted by Gasteiger charge is 2.14. The van der Waals surface area contributed by atoms with Gasteiger partial charge in [0.2, 0.25) is 0 Å². The third-order valence-corrected chi connectivity index (χ3v) is 3.39. The zero-order valence-corrected chi connectivity index (χ0v) is 10.9. The summed E-state index contributed by atoms with van der Waals surface area (Å²) < 4.78 is 0. The molecular formula is C13H15N5O2. The lowest BCUT2D eigenvalue weighted by atomic mass is 10.1. The molecule has 104 valence electrons. The molecule has 1 unspecified atom stereocenters. The van der Waals surface area contributed by atoms with E-state index in [1.807, 2.05) is 0 Å². The van der Waals surface area contributed by atoms with E-state index in [9.17, 15) is 10.1 Å². The number of fused-ring (bicyclic) bond motifs is 1. The van der Waals surface area contributed by atoms with Crippen molar-refractivity contribution < 1.29 is 4.92 Å². The molecule has 1 aromatic carbocycles. The molecule has 20 heavy (non-hydrogen) atoms. The van der Waals surface area contributed by atoms with Crippen molar-refractivity contribution in [3.05, 3.63) is 34.5 Å². The number of nitro benzene ring substituents is 1. The Labute approximate surface area is 115 Å². The van der Waals surface area contributed by atoms with Crippen LogP contribution in [0, 0.1) is 10.1 Å². The zero-order chi connectivity index (χ0) is 13.9. The first-order valence-electron chi connectivity index (χ1n) is 6.61. The van der Waals surface area contributed by atoms with E-state index >= 15 is 0 Å². The van der Waals surface area contributed by atoms with Crippen LogP contribution in [0.1, 0.15) is 12.8 Å². The third kappa shape index (κ3) is 2.67. The average Bonchev–Trinajstić information content (AvgIpc) is 2.47. The van der Waals surface area contributed by atoms with E-state index in [1.165, 1.54) is 12.1 Å².